The van der Waals surface area contributed by atoms with Gasteiger partial charge in [-0.15, -0.1) is 0 Å². The van der Waals surface area contributed by atoms with E-state index in [0.717, 1.165) is 48.0 Å². The number of hydrazone groups is 1. The molecular weight excluding hydrogens is 496 g/mol. The van der Waals surface area contributed by atoms with E-state index < -0.39 is 0 Å². The Morgan fingerprint density at radius 3 is 2.43 bits per heavy atom. The van der Waals surface area contributed by atoms with Crippen LogP contribution in [-0.2, 0) is 0 Å². The standard InChI is InChI=1S/C31H27BrN2O/c32-26-12-13-30-27(19-26)29-20-28(25-11-10-22-8-4-5-9-24(22)18-25)33-34(29)31(35-30)16-14-23(15-17-31)21-6-2-1-3-7-21/h1-13,18-19,23,29H,14-17,20H2/t23?,29-,31?/m0/s1. The third-order valence-corrected chi connectivity index (χ3v) is 8.57. The Balaban J connectivity index is 1.26. The van der Waals surface area contributed by atoms with Gasteiger partial charge < -0.3 is 4.74 Å². The van der Waals surface area contributed by atoms with E-state index in [0.29, 0.717) is 5.92 Å². The molecule has 1 aliphatic carbocycles. The van der Waals surface area contributed by atoms with Gasteiger partial charge in [0.05, 0.1) is 11.8 Å². The molecule has 35 heavy (non-hydrogen) atoms. The number of ether oxygens (including phenoxy) is 1. The summed E-state index contributed by atoms with van der Waals surface area (Å²) in [7, 11) is 0. The van der Waals surface area contributed by atoms with Gasteiger partial charge in [0, 0.05) is 29.3 Å². The lowest BCUT2D eigenvalue weighted by Gasteiger charge is -2.50. The molecule has 0 amide bonds. The maximum absolute atomic E-state index is 6.87. The van der Waals surface area contributed by atoms with Gasteiger partial charge in [-0.3, -0.25) is 0 Å². The lowest BCUT2D eigenvalue weighted by molar-refractivity contribution is -0.142. The summed E-state index contributed by atoms with van der Waals surface area (Å²) in [4.78, 5) is 0. The van der Waals surface area contributed by atoms with Crippen LogP contribution in [0.4, 0.5) is 0 Å². The Bertz CT molecular complexity index is 1440. The van der Waals surface area contributed by atoms with Crippen molar-refractivity contribution >= 4 is 32.4 Å². The van der Waals surface area contributed by atoms with E-state index in [2.05, 4.69) is 112 Å². The van der Waals surface area contributed by atoms with Crippen LogP contribution in [0.2, 0.25) is 0 Å². The molecule has 0 aromatic heterocycles. The molecule has 0 unspecified atom stereocenters. The molecule has 1 saturated carbocycles. The molecule has 7 rings (SSSR count). The zero-order valence-corrected chi connectivity index (χ0v) is 21.1. The summed E-state index contributed by atoms with van der Waals surface area (Å²) in [5, 5.41) is 10.2. The van der Waals surface area contributed by atoms with Crippen LogP contribution in [-0.4, -0.2) is 16.4 Å². The highest BCUT2D eigenvalue weighted by molar-refractivity contribution is 9.10. The second kappa shape index (κ2) is 8.23. The minimum absolute atomic E-state index is 0.200. The number of hydrogen-bond donors (Lipinski definition) is 0. The third-order valence-electron chi connectivity index (χ3n) is 8.08. The highest BCUT2D eigenvalue weighted by Gasteiger charge is 2.52. The molecule has 4 aromatic carbocycles. The van der Waals surface area contributed by atoms with E-state index in [9.17, 15) is 0 Å². The van der Waals surface area contributed by atoms with Crippen molar-refractivity contribution in [3.63, 3.8) is 0 Å². The normalized spacial score (nSPS) is 25.2. The summed E-state index contributed by atoms with van der Waals surface area (Å²) in [5.41, 5.74) is 4.66. The summed E-state index contributed by atoms with van der Waals surface area (Å²) in [6, 6.07) is 32.9. The number of nitrogens with zero attached hydrogens (tertiary/aromatic N) is 2. The number of fused-ring (bicyclic) bond motifs is 5. The molecule has 4 aromatic rings. The minimum Gasteiger partial charge on any atom is -0.466 e. The molecule has 2 heterocycles. The predicted octanol–water partition coefficient (Wildman–Crippen LogP) is 8.20. The van der Waals surface area contributed by atoms with Gasteiger partial charge in [-0.2, -0.15) is 5.10 Å². The Morgan fingerprint density at radius 2 is 1.60 bits per heavy atom. The van der Waals surface area contributed by atoms with Crippen molar-refractivity contribution in [3.05, 3.63) is 112 Å². The van der Waals surface area contributed by atoms with Crippen molar-refractivity contribution in [2.24, 2.45) is 5.10 Å². The molecule has 1 atom stereocenters. The molecule has 174 valence electrons. The Kier molecular flexibility index (Phi) is 4.99. The topological polar surface area (TPSA) is 24.8 Å². The SMILES string of the molecule is Brc1ccc2c(c1)[C@@H]1CC(c3ccc4ccccc4c3)=NN1C1(CCC(c3ccccc3)CC1)O2. The largest absolute Gasteiger partial charge is 0.466 e. The first kappa shape index (κ1) is 21.2. The van der Waals surface area contributed by atoms with Gasteiger partial charge in [-0.05, 0) is 64.9 Å². The lowest BCUT2D eigenvalue weighted by Crippen LogP contribution is -2.55. The average molecular weight is 523 g/mol. The fourth-order valence-electron chi connectivity index (χ4n) is 6.25. The molecule has 1 spiro atoms. The van der Waals surface area contributed by atoms with Crippen LogP contribution in [0, 0.1) is 0 Å². The van der Waals surface area contributed by atoms with Crippen molar-refractivity contribution in [1.29, 1.82) is 0 Å². The molecule has 0 N–H and O–H groups in total. The molecule has 0 radical (unpaired) electrons. The fraction of sp³-hybridized carbons (Fsp3) is 0.258. The van der Waals surface area contributed by atoms with E-state index in [4.69, 9.17) is 9.84 Å². The van der Waals surface area contributed by atoms with Crippen LogP contribution < -0.4 is 4.74 Å². The van der Waals surface area contributed by atoms with Crippen LogP contribution in [0.15, 0.2) is 101 Å². The Labute approximate surface area is 214 Å². The smallest absolute Gasteiger partial charge is 0.198 e. The van der Waals surface area contributed by atoms with Gasteiger partial charge in [0.2, 0.25) is 0 Å². The van der Waals surface area contributed by atoms with Crippen LogP contribution in [0.5, 0.6) is 5.75 Å². The average Bonchev–Trinajstić information content (AvgIpc) is 3.37. The van der Waals surface area contributed by atoms with Gasteiger partial charge in [-0.25, -0.2) is 5.01 Å². The maximum Gasteiger partial charge on any atom is 0.198 e. The highest BCUT2D eigenvalue weighted by atomic mass is 79.9. The lowest BCUT2D eigenvalue weighted by atomic mass is 9.78. The van der Waals surface area contributed by atoms with E-state index in [1.807, 2.05) is 0 Å². The van der Waals surface area contributed by atoms with Crippen molar-refractivity contribution in [3.8, 4) is 5.75 Å². The van der Waals surface area contributed by atoms with Crippen LogP contribution in [0.25, 0.3) is 10.8 Å². The van der Waals surface area contributed by atoms with Crippen molar-refractivity contribution in [2.45, 2.75) is 49.8 Å². The summed E-state index contributed by atoms with van der Waals surface area (Å²) in [6.07, 6.45) is 5.08. The number of rotatable bonds is 2. The third kappa shape index (κ3) is 3.58. The van der Waals surface area contributed by atoms with E-state index >= 15 is 0 Å². The molecule has 0 bridgehead atoms. The summed E-state index contributed by atoms with van der Waals surface area (Å²) < 4.78 is 7.95. The first-order chi connectivity index (χ1) is 17.2. The van der Waals surface area contributed by atoms with E-state index in [1.54, 1.807) is 0 Å². The summed E-state index contributed by atoms with van der Waals surface area (Å²) >= 11 is 3.68. The molecular formula is C31H27BrN2O. The predicted molar refractivity (Wildman–Crippen MR) is 145 cm³/mol. The minimum atomic E-state index is -0.380. The number of benzene rings is 4. The monoisotopic (exact) mass is 522 g/mol. The van der Waals surface area contributed by atoms with Crippen molar-refractivity contribution in [1.82, 2.24) is 5.01 Å². The van der Waals surface area contributed by atoms with Gasteiger partial charge in [0.25, 0.3) is 0 Å². The van der Waals surface area contributed by atoms with Gasteiger partial charge in [-0.1, -0.05) is 82.7 Å². The van der Waals surface area contributed by atoms with Crippen molar-refractivity contribution in [2.75, 3.05) is 0 Å². The van der Waals surface area contributed by atoms with E-state index in [-0.39, 0.29) is 11.8 Å². The van der Waals surface area contributed by atoms with Gasteiger partial charge in [0.1, 0.15) is 5.75 Å². The van der Waals surface area contributed by atoms with Gasteiger partial charge >= 0.3 is 0 Å². The zero-order chi connectivity index (χ0) is 23.4. The molecule has 4 heteroatoms. The van der Waals surface area contributed by atoms with Crippen molar-refractivity contribution < 1.29 is 4.74 Å². The number of halogens is 1. The molecule has 0 saturated heterocycles. The Hall–Kier alpha value is -3.11. The quantitative estimate of drug-likeness (QED) is 0.265. The fourth-order valence-corrected chi connectivity index (χ4v) is 6.63. The molecule has 2 aliphatic heterocycles. The first-order valence-electron chi connectivity index (χ1n) is 12.6. The maximum atomic E-state index is 6.87. The molecule has 1 fully saturated rings. The highest BCUT2D eigenvalue weighted by Crippen LogP contribution is 2.53. The van der Waals surface area contributed by atoms with E-state index in [1.165, 1.54) is 27.5 Å². The number of hydrogen-bond acceptors (Lipinski definition) is 3. The Morgan fingerprint density at radius 1 is 0.829 bits per heavy atom. The van der Waals surface area contributed by atoms with Gasteiger partial charge in [0.15, 0.2) is 5.72 Å². The second-order valence-corrected chi connectivity index (χ2v) is 11.0. The second-order valence-electron chi connectivity index (χ2n) is 10.1. The summed E-state index contributed by atoms with van der Waals surface area (Å²) in [6.45, 7) is 0. The molecule has 3 nitrogen and oxygen atoms in total. The molecule has 3 aliphatic rings. The van der Waals surface area contributed by atoms with Crippen LogP contribution in [0.1, 0.15) is 60.8 Å². The zero-order valence-electron chi connectivity index (χ0n) is 19.5. The van der Waals surface area contributed by atoms with Crippen LogP contribution in [0.3, 0.4) is 0 Å². The van der Waals surface area contributed by atoms with Crippen LogP contribution >= 0.6 is 15.9 Å². The summed E-state index contributed by atoms with van der Waals surface area (Å²) in [5.74, 6) is 1.60. The first-order valence-corrected chi connectivity index (χ1v) is 13.4.